The summed E-state index contributed by atoms with van der Waals surface area (Å²) in [5, 5.41) is 0. The van der Waals surface area contributed by atoms with E-state index in [0.717, 1.165) is 5.56 Å². The first-order chi connectivity index (χ1) is 10.9. The molecular weight excluding hydrogens is 314 g/mol. The fourth-order valence-corrected chi connectivity index (χ4v) is 3.09. The minimum absolute atomic E-state index is 0.202. The minimum Gasteiger partial charge on any atom is -0.461 e. The maximum Gasteiger partial charge on any atom is 0.306 e. The number of hydrogen-bond donors (Lipinski definition) is 1. The number of carbonyl (C=O) groups is 1. The van der Waals surface area contributed by atoms with Crippen molar-refractivity contribution in [1.82, 2.24) is 4.72 Å². The van der Waals surface area contributed by atoms with E-state index in [0.29, 0.717) is 26.1 Å². The van der Waals surface area contributed by atoms with E-state index >= 15 is 0 Å². The zero-order valence-corrected chi connectivity index (χ0v) is 14.7. The van der Waals surface area contributed by atoms with Crippen LogP contribution in [0.2, 0.25) is 0 Å². The molecule has 1 N–H and O–H groups in total. The standard InChI is InChI=1S/C17H25NO4S/c1-17(2,3)23(20)18-14(15-9-10-16(19)22-15)12-21-11-13-7-5-4-6-8-13/h4-8,14-15,18H,9-12H2,1-3H3/t14-,15+,23+/m0/s1. The first-order valence-electron chi connectivity index (χ1n) is 7.85. The predicted molar refractivity (Wildman–Crippen MR) is 90.0 cm³/mol. The lowest BCUT2D eigenvalue weighted by atomic mass is 10.1. The molecule has 6 heteroatoms. The third-order valence-corrected chi connectivity index (χ3v) is 5.22. The molecule has 0 saturated carbocycles. The Labute approximate surface area is 140 Å². The van der Waals surface area contributed by atoms with Crippen LogP contribution in [0.4, 0.5) is 0 Å². The number of carbonyl (C=O) groups excluding carboxylic acids is 1. The van der Waals surface area contributed by atoms with Gasteiger partial charge in [0.2, 0.25) is 0 Å². The predicted octanol–water partition coefficient (Wildman–Crippen LogP) is 2.33. The molecule has 0 unspecified atom stereocenters. The van der Waals surface area contributed by atoms with Gasteiger partial charge in [-0.25, -0.2) is 8.93 Å². The summed E-state index contributed by atoms with van der Waals surface area (Å²) in [6, 6.07) is 9.59. The first-order valence-corrected chi connectivity index (χ1v) is 9.00. The van der Waals surface area contributed by atoms with Crippen LogP contribution in [-0.4, -0.2) is 33.7 Å². The van der Waals surface area contributed by atoms with E-state index in [1.54, 1.807) is 0 Å². The SMILES string of the molecule is CC(C)(C)[S@@](=O)N[C@@H](COCc1ccccc1)[C@H]1CCC(=O)O1. The maximum absolute atomic E-state index is 12.4. The fourth-order valence-electron chi connectivity index (χ4n) is 2.24. The molecule has 1 aromatic rings. The third kappa shape index (κ3) is 5.71. The van der Waals surface area contributed by atoms with Gasteiger partial charge in [-0.15, -0.1) is 0 Å². The summed E-state index contributed by atoms with van der Waals surface area (Å²) in [5.74, 6) is -0.202. The number of esters is 1. The Bertz CT molecular complexity index is 541. The number of nitrogens with one attached hydrogen (secondary N) is 1. The van der Waals surface area contributed by atoms with Crippen molar-refractivity contribution in [3.63, 3.8) is 0 Å². The van der Waals surface area contributed by atoms with Gasteiger partial charge in [-0.05, 0) is 32.8 Å². The van der Waals surface area contributed by atoms with Gasteiger partial charge in [0.25, 0.3) is 0 Å². The van der Waals surface area contributed by atoms with Crippen LogP contribution in [0, 0.1) is 0 Å². The van der Waals surface area contributed by atoms with Crippen molar-refractivity contribution in [2.75, 3.05) is 6.61 Å². The number of ether oxygens (including phenoxy) is 2. The van der Waals surface area contributed by atoms with Crippen LogP contribution >= 0.6 is 0 Å². The number of rotatable bonds is 7. The molecule has 2 rings (SSSR count). The second-order valence-corrected chi connectivity index (χ2v) is 8.67. The summed E-state index contributed by atoms with van der Waals surface area (Å²) in [6.07, 6.45) is 0.750. The molecule has 0 spiro atoms. The molecule has 1 aliphatic rings. The molecule has 0 aromatic heterocycles. The van der Waals surface area contributed by atoms with Crippen LogP contribution < -0.4 is 4.72 Å². The van der Waals surface area contributed by atoms with Gasteiger partial charge in [-0.3, -0.25) is 4.79 Å². The van der Waals surface area contributed by atoms with Crippen LogP contribution in [0.15, 0.2) is 30.3 Å². The molecule has 128 valence electrons. The Morgan fingerprint density at radius 2 is 2.04 bits per heavy atom. The molecule has 1 aromatic carbocycles. The fraction of sp³-hybridized carbons (Fsp3) is 0.588. The smallest absolute Gasteiger partial charge is 0.306 e. The highest BCUT2D eigenvalue weighted by Gasteiger charge is 2.34. The van der Waals surface area contributed by atoms with Crippen molar-refractivity contribution >= 4 is 17.0 Å². The van der Waals surface area contributed by atoms with E-state index in [1.165, 1.54) is 0 Å². The molecule has 1 saturated heterocycles. The van der Waals surface area contributed by atoms with E-state index in [1.807, 2.05) is 51.1 Å². The average molecular weight is 339 g/mol. The van der Waals surface area contributed by atoms with Crippen LogP contribution in [0.25, 0.3) is 0 Å². The van der Waals surface area contributed by atoms with Crippen molar-refractivity contribution < 1.29 is 18.5 Å². The van der Waals surface area contributed by atoms with Crippen LogP contribution in [0.3, 0.4) is 0 Å². The summed E-state index contributed by atoms with van der Waals surface area (Å²) in [5.41, 5.74) is 1.08. The second-order valence-electron chi connectivity index (χ2n) is 6.67. The molecule has 1 heterocycles. The molecule has 0 amide bonds. The highest BCUT2D eigenvalue weighted by molar-refractivity contribution is 7.84. The zero-order valence-electron chi connectivity index (χ0n) is 13.9. The third-order valence-electron chi connectivity index (χ3n) is 3.59. The molecule has 5 nitrogen and oxygen atoms in total. The topological polar surface area (TPSA) is 64.6 Å². The van der Waals surface area contributed by atoms with E-state index in [-0.39, 0.29) is 22.9 Å². The molecule has 0 bridgehead atoms. The highest BCUT2D eigenvalue weighted by atomic mass is 32.2. The van der Waals surface area contributed by atoms with Gasteiger partial charge in [-0.2, -0.15) is 0 Å². The summed E-state index contributed by atoms with van der Waals surface area (Å²) < 4.78 is 26.1. The molecule has 0 radical (unpaired) electrons. The van der Waals surface area contributed by atoms with E-state index in [2.05, 4.69) is 4.72 Å². The van der Waals surface area contributed by atoms with Crippen molar-refractivity contribution in [2.24, 2.45) is 0 Å². The van der Waals surface area contributed by atoms with Crippen molar-refractivity contribution in [3.05, 3.63) is 35.9 Å². The van der Waals surface area contributed by atoms with Gasteiger partial charge in [0.15, 0.2) is 0 Å². The van der Waals surface area contributed by atoms with Crippen molar-refractivity contribution in [3.8, 4) is 0 Å². The molecule has 0 aliphatic carbocycles. The minimum atomic E-state index is -1.24. The molecular formula is C17H25NO4S. The lowest BCUT2D eigenvalue weighted by molar-refractivity contribution is -0.142. The second kappa shape index (κ2) is 8.04. The van der Waals surface area contributed by atoms with E-state index in [4.69, 9.17) is 9.47 Å². The van der Waals surface area contributed by atoms with Gasteiger partial charge in [0.1, 0.15) is 6.10 Å². The number of cyclic esters (lactones) is 1. The van der Waals surface area contributed by atoms with E-state index in [9.17, 15) is 9.00 Å². The summed E-state index contributed by atoms with van der Waals surface area (Å²) in [4.78, 5) is 11.4. The van der Waals surface area contributed by atoms with Crippen LogP contribution in [0.5, 0.6) is 0 Å². The molecule has 3 atom stereocenters. The van der Waals surface area contributed by atoms with Gasteiger partial charge in [-0.1, -0.05) is 30.3 Å². The Kier molecular flexibility index (Phi) is 6.33. The Hall–Kier alpha value is -1.24. The average Bonchev–Trinajstić information content (AvgIpc) is 2.92. The normalized spacial score (nSPS) is 21.0. The van der Waals surface area contributed by atoms with Crippen LogP contribution in [0.1, 0.15) is 39.2 Å². The Balaban J connectivity index is 1.93. The van der Waals surface area contributed by atoms with E-state index < -0.39 is 11.0 Å². The maximum atomic E-state index is 12.4. The number of hydrogen-bond acceptors (Lipinski definition) is 4. The van der Waals surface area contributed by atoms with Gasteiger partial charge >= 0.3 is 5.97 Å². The van der Waals surface area contributed by atoms with Gasteiger partial charge in [0, 0.05) is 6.42 Å². The highest BCUT2D eigenvalue weighted by Crippen LogP contribution is 2.20. The Morgan fingerprint density at radius 3 is 2.61 bits per heavy atom. The molecule has 1 aliphatic heterocycles. The largest absolute Gasteiger partial charge is 0.461 e. The lowest BCUT2D eigenvalue weighted by Gasteiger charge is -2.27. The van der Waals surface area contributed by atoms with Crippen LogP contribution in [-0.2, 0) is 31.9 Å². The van der Waals surface area contributed by atoms with Crippen molar-refractivity contribution in [2.45, 2.75) is 57.1 Å². The van der Waals surface area contributed by atoms with Gasteiger partial charge < -0.3 is 9.47 Å². The summed E-state index contributed by atoms with van der Waals surface area (Å²) in [7, 11) is -1.24. The summed E-state index contributed by atoms with van der Waals surface area (Å²) >= 11 is 0. The summed E-state index contributed by atoms with van der Waals surface area (Å²) in [6.45, 7) is 6.52. The van der Waals surface area contributed by atoms with Gasteiger partial charge in [0.05, 0.1) is 35.0 Å². The first kappa shape index (κ1) is 18.1. The molecule has 23 heavy (non-hydrogen) atoms. The lowest BCUT2D eigenvalue weighted by Crippen LogP contribution is -2.48. The van der Waals surface area contributed by atoms with Crippen molar-refractivity contribution in [1.29, 1.82) is 0 Å². The zero-order chi connectivity index (χ0) is 16.9. The quantitative estimate of drug-likeness (QED) is 0.775. The molecule has 1 fully saturated rings. The number of benzene rings is 1. The monoisotopic (exact) mass is 339 g/mol. The Morgan fingerprint density at radius 1 is 1.35 bits per heavy atom.